The van der Waals surface area contributed by atoms with Crippen LogP contribution in [0.2, 0.25) is 0 Å². The molecule has 0 aliphatic rings. The van der Waals surface area contributed by atoms with Crippen molar-refractivity contribution in [2.45, 2.75) is 26.3 Å². The van der Waals surface area contributed by atoms with Gasteiger partial charge in [0.15, 0.2) is 11.5 Å². The third-order valence-corrected chi connectivity index (χ3v) is 5.21. The number of anilines is 1. The summed E-state index contributed by atoms with van der Waals surface area (Å²) < 4.78 is 21.9. The molecule has 0 bridgehead atoms. The van der Waals surface area contributed by atoms with Gasteiger partial charge in [0.1, 0.15) is 17.7 Å². The van der Waals surface area contributed by atoms with Gasteiger partial charge in [-0.2, -0.15) is 0 Å². The summed E-state index contributed by atoms with van der Waals surface area (Å²) >= 11 is 0. The van der Waals surface area contributed by atoms with Crippen molar-refractivity contribution in [1.29, 1.82) is 0 Å². The molecule has 176 valence electrons. The molecule has 0 radical (unpaired) electrons. The van der Waals surface area contributed by atoms with Crippen molar-refractivity contribution >= 4 is 12.0 Å². The molecule has 0 aliphatic carbocycles. The lowest BCUT2D eigenvalue weighted by Gasteiger charge is -2.19. The van der Waals surface area contributed by atoms with Gasteiger partial charge in [-0.05, 0) is 42.7 Å². The molecule has 2 N–H and O–H groups in total. The molecule has 0 aliphatic heterocycles. The predicted octanol–water partition coefficient (Wildman–Crippen LogP) is 4.20. The van der Waals surface area contributed by atoms with Crippen molar-refractivity contribution in [2.75, 3.05) is 33.8 Å². The van der Waals surface area contributed by atoms with Gasteiger partial charge in [0.2, 0.25) is 5.75 Å². The molecule has 1 atom stereocenters. The Hall–Kier alpha value is -3.75. The Kier molecular flexibility index (Phi) is 7.76. The van der Waals surface area contributed by atoms with Crippen LogP contribution in [0.4, 0.5) is 5.69 Å². The molecule has 0 saturated carbocycles. The first kappa shape index (κ1) is 23.9. The summed E-state index contributed by atoms with van der Waals surface area (Å²) in [5.74, 6) is 2.53. The van der Waals surface area contributed by atoms with E-state index in [0.717, 1.165) is 17.4 Å². The lowest BCUT2D eigenvalue weighted by atomic mass is 10.0. The van der Waals surface area contributed by atoms with Crippen LogP contribution in [-0.2, 0) is 4.79 Å². The highest BCUT2D eigenvalue weighted by atomic mass is 16.5. The molecule has 2 aromatic carbocycles. The number of rotatable bonds is 11. The summed E-state index contributed by atoms with van der Waals surface area (Å²) in [7, 11) is 6.27. The van der Waals surface area contributed by atoms with Crippen molar-refractivity contribution in [1.82, 2.24) is 15.4 Å². The van der Waals surface area contributed by atoms with Gasteiger partial charge < -0.3 is 29.1 Å². The first-order chi connectivity index (χ1) is 15.9. The number of aldehydes is 1. The van der Waals surface area contributed by atoms with Crippen molar-refractivity contribution in [2.24, 2.45) is 5.92 Å². The fourth-order valence-electron chi connectivity index (χ4n) is 3.68. The van der Waals surface area contributed by atoms with Crippen LogP contribution in [0.25, 0.3) is 22.5 Å². The van der Waals surface area contributed by atoms with E-state index in [4.69, 9.17) is 18.9 Å². The Bertz CT molecular complexity index is 1070. The van der Waals surface area contributed by atoms with Crippen LogP contribution in [0.1, 0.15) is 20.3 Å². The monoisotopic (exact) mass is 454 g/mol. The number of H-pyrrole nitrogens is 1. The molecule has 33 heavy (non-hydrogen) atoms. The van der Waals surface area contributed by atoms with E-state index >= 15 is 0 Å². The normalized spacial score (nSPS) is 11.7. The number of aromatic nitrogens is 3. The summed E-state index contributed by atoms with van der Waals surface area (Å²) in [5, 5.41) is 14.6. The van der Waals surface area contributed by atoms with E-state index in [0.29, 0.717) is 52.4 Å². The minimum atomic E-state index is -0.330. The van der Waals surface area contributed by atoms with E-state index in [1.165, 1.54) is 0 Å². The SMILES string of the molecule is COc1ccc(-c2[nH]nnc2-c2cc(OC)c(OC)c(OC)c2)cc1NC(C=O)CC(C)C. The number of aromatic amines is 1. The van der Waals surface area contributed by atoms with E-state index in [2.05, 4.69) is 34.6 Å². The molecule has 3 aromatic rings. The number of carbonyl (C=O) groups is 1. The Labute approximate surface area is 193 Å². The number of hydrogen-bond acceptors (Lipinski definition) is 8. The highest BCUT2D eigenvalue weighted by Crippen LogP contribution is 2.42. The standard InChI is InChI=1S/C24H30N4O5/c1-14(2)9-17(13-29)25-18-10-15(7-8-19(18)30-3)22-23(27-28-26-22)16-11-20(31-4)24(33-6)21(12-16)32-5/h7-8,10-14,17,25H,9H2,1-6H3,(H,26,27,28). The lowest BCUT2D eigenvalue weighted by Crippen LogP contribution is -2.23. The summed E-state index contributed by atoms with van der Waals surface area (Å²) in [6.45, 7) is 4.15. The zero-order chi connectivity index (χ0) is 24.0. The zero-order valence-electron chi connectivity index (χ0n) is 19.8. The van der Waals surface area contributed by atoms with E-state index < -0.39 is 0 Å². The number of benzene rings is 2. The number of carbonyl (C=O) groups excluding carboxylic acids is 1. The van der Waals surface area contributed by atoms with Gasteiger partial charge in [0.25, 0.3) is 0 Å². The Morgan fingerprint density at radius 1 is 0.939 bits per heavy atom. The number of hydrogen-bond donors (Lipinski definition) is 2. The molecule has 0 fully saturated rings. The number of nitrogens with zero attached hydrogens (tertiary/aromatic N) is 2. The first-order valence-corrected chi connectivity index (χ1v) is 10.6. The van der Waals surface area contributed by atoms with Crippen LogP contribution in [0.15, 0.2) is 30.3 Å². The van der Waals surface area contributed by atoms with Gasteiger partial charge in [-0.15, -0.1) is 5.10 Å². The predicted molar refractivity (Wildman–Crippen MR) is 126 cm³/mol. The van der Waals surface area contributed by atoms with Crippen LogP contribution < -0.4 is 24.3 Å². The quantitative estimate of drug-likeness (QED) is 0.415. The summed E-state index contributed by atoms with van der Waals surface area (Å²) in [6.07, 6.45) is 1.63. The minimum Gasteiger partial charge on any atom is -0.495 e. The van der Waals surface area contributed by atoms with Crippen molar-refractivity contribution < 1.29 is 23.7 Å². The second kappa shape index (κ2) is 10.7. The fraction of sp³-hybridized carbons (Fsp3) is 0.375. The smallest absolute Gasteiger partial charge is 0.203 e. The van der Waals surface area contributed by atoms with Gasteiger partial charge in [-0.1, -0.05) is 19.1 Å². The number of nitrogens with one attached hydrogen (secondary N) is 2. The van der Waals surface area contributed by atoms with Gasteiger partial charge in [-0.3, -0.25) is 5.10 Å². The average molecular weight is 455 g/mol. The molecule has 3 rings (SSSR count). The molecule has 1 unspecified atom stereocenters. The maximum Gasteiger partial charge on any atom is 0.203 e. The second-order valence-corrected chi connectivity index (χ2v) is 7.88. The van der Waals surface area contributed by atoms with Gasteiger partial charge in [-0.25, -0.2) is 0 Å². The Morgan fingerprint density at radius 3 is 2.15 bits per heavy atom. The van der Waals surface area contributed by atoms with Gasteiger partial charge in [0.05, 0.1) is 45.9 Å². The molecule has 0 amide bonds. The molecule has 1 aromatic heterocycles. The Balaban J connectivity index is 2.05. The van der Waals surface area contributed by atoms with Crippen molar-refractivity contribution in [3.63, 3.8) is 0 Å². The van der Waals surface area contributed by atoms with Gasteiger partial charge in [0, 0.05) is 11.1 Å². The largest absolute Gasteiger partial charge is 0.495 e. The zero-order valence-corrected chi connectivity index (χ0v) is 19.8. The maximum atomic E-state index is 11.6. The van der Waals surface area contributed by atoms with Crippen LogP contribution in [0.5, 0.6) is 23.0 Å². The minimum absolute atomic E-state index is 0.330. The average Bonchev–Trinajstić information content (AvgIpc) is 3.32. The van der Waals surface area contributed by atoms with E-state index in [-0.39, 0.29) is 6.04 Å². The maximum absolute atomic E-state index is 11.6. The number of ether oxygens (including phenoxy) is 4. The van der Waals surface area contributed by atoms with Crippen LogP contribution >= 0.6 is 0 Å². The topological polar surface area (TPSA) is 108 Å². The fourth-order valence-corrected chi connectivity index (χ4v) is 3.68. The van der Waals surface area contributed by atoms with Crippen LogP contribution in [0, 0.1) is 5.92 Å². The summed E-state index contributed by atoms with van der Waals surface area (Å²) in [4.78, 5) is 11.6. The Morgan fingerprint density at radius 2 is 1.61 bits per heavy atom. The third-order valence-electron chi connectivity index (χ3n) is 5.21. The highest BCUT2D eigenvalue weighted by Gasteiger charge is 2.20. The molecular weight excluding hydrogens is 424 g/mol. The van der Waals surface area contributed by atoms with E-state index in [1.807, 2.05) is 30.3 Å². The lowest BCUT2D eigenvalue weighted by molar-refractivity contribution is -0.108. The molecule has 0 saturated heterocycles. The summed E-state index contributed by atoms with van der Waals surface area (Å²) in [6, 6.07) is 8.95. The highest BCUT2D eigenvalue weighted by molar-refractivity contribution is 5.82. The second-order valence-electron chi connectivity index (χ2n) is 7.88. The summed E-state index contributed by atoms with van der Waals surface area (Å²) in [5.41, 5.74) is 3.57. The van der Waals surface area contributed by atoms with E-state index in [1.54, 1.807) is 28.4 Å². The molecular formula is C24H30N4O5. The molecule has 0 spiro atoms. The van der Waals surface area contributed by atoms with Crippen molar-refractivity contribution in [3.05, 3.63) is 30.3 Å². The third kappa shape index (κ3) is 5.19. The molecule has 1 heterocycles. The van der Waals surface area contributed by atoms with Crippen molar-refractivity contribution in [3.8, 4) is 45.5 Å². The number of methoxy groups -OCH3 is 4. The first-order valence-electron chi connectivity index (χ1n) is 10.6. The van der Waals surface area contributed by atoms with Crippen LogP contribution in [0.3, 0.4) is 0 Å². The van der Waals surface area contributed by atoms with Gasteiger partial charge >= 0.3 is 0 Å². The molecule has 9 nitrogen and oxygen atoms in total. The van der Waals surface area contributed by atoms with Crippen LogP contribution in [-0.4, -0.2) is 56.2 Å². The molecule has 9 heteroatoms. The van der Waals surface area contributed by atoms with E-state index in [9.17, 15) is 4.79 Å².